The highest BCUT2D eigenvalue weighted by atomic mass is 35.5. The number of rotatable bonds is 1. The van der Waals surface area contributed by atoms with Crippen molar-refractivity contribution in [2.24, 2.45) is 17.3 Å². The fraction of sp³-hybridized carbons (Fsp3) is 0.625. The van der Waals surface area contributed by atoms with Crippen molar-refractivity contribution in [3.05, 3.63) is 20.7 Å². The van der Waals surface area contributed by atoms with E-state index >= 15 is 0 Å². The van der Waals surface area contributed by atoms with Crippen molar-refractivity contribution in [2.75, 3.05) is 6.54 Å². The summed E-state index contributed by atoms with van der Waals surface area (Å²) in [6, 6.07) is 0. The van der Waals surface area contributed by atoms with Gasteiger partial charge in [0.05, 0.1) is 20.7 Å². The lowest BCUT2D eigenvalue weighted by atomic mass is 9.50. The Hall–Kier alpha value is -0.220. The summed E-state index contributed by atoms with van der Waals surface area (Å²) < 4.78 is 0. The molecule has 5 rings (SSSR count). The number of hydrogen-bond donors (Lipinski definition) is 0. The average molecular weight is 395 g/mol. The monoisotopic (exact) mass is 393 g/mol. The van der Waals surface area contributed by atoms with E-state index in [1.54, 1.807) is 6.92 Å². The molecule has 1 saturated heterocycles. The summed E-state index contributed by atoms with van der Waals surface area (Å²) in [6.45, 7) is 2.04. The number of carbonyl (C=O) groups excluding carboxylic acids is 2. The molecule has 2 amide bonds. The molecule has 1 heterocycles. The molecule has 5 aliphatic rings. The predicted molar refractivity (Wildman–Crippen MR) is 90.5 cm³/mol. The van der Waals surface area contributed by atoms with Crippen LogP contribution in [0.3, 0.4) is 0 Å². The standard InChI is InChI=1S/C16H15Cl4NO2/c1-2-21-13(22)9-10(17)16(20)8-6-4-3-5-7(8)15(9,14(21)23)11(18)12(16)19/h7-8H,2-6H2,1H3. The van der Waals surface area contributed by atoms with Crippen molar-refractivity contribution >= 4 is 58.2 Å². The smallest absolute Gasteiger partial charge is 0.259 e. The Morgan fingerprint density at radius 1 is 1.04 bits per heavy atom. The highest BCUT2D eigenvalue weighted by molar-refractivity contribution is 6.53. The maximum absolute atomic E-state index is 13.2. The number of nitrogens with zero attached hydrogens (tertiary/aromatic N) is 1. The third-order valence-electron chi connectivity index (χ3n) is 5.98. The zero-order valence-electron chi connectivity index (χ0n) is 12.5. The van der Waals surface area contributed by atoms with Crippen LogP contribution in [-0.2, 0) is 9.59 Å². The van der Waals surface area contributed by atoms with Gasteiger partial charge in [-0.1, -0.05) is 47.6 Å². The predicted octanol–water partition coefficient (Wildman–Crippen LogP) is 4.35. The molecule has 1 aliphatic heterocycles. The number of halogens is 4. The largest absolute Gasteiger partial charge is 0.278 e. The molecule has 1 spiro atoms. The zero-order valence-corrected chi connectivity index (χ0v) is 15.5. The van der Waals surface area contributed by atoms with E-state index in [2.05, 4.69) is 0 Å². The van der Waals surface area contributed by atoms with Crippen LogP contribution in [0, 0.1) is 17.3 Å². The number of likely N-dealkylation sites (tertiary alicyclic amines) is 1. The molecule has 4 aliphatic carbocycles. The minimum atomic E-state index is -1.22. The topological polar surface area (TPSA) is 37.4 Å². The lowest BCUT2D eigenvalue weighted by Crippen LogP contribution is -2.59. The third-order valence-corrected chi connectivity index (χ3v) is 8.39. The molecule has 4 unspecified atom stereocenters. The molecule has 0 radical (unpaired) electrons. The van der Waals surface area contributed by atoms with Crippen LogP contribution >= 0.6 is 46.4 Å². The Balaban J connectivity index is 2.10. The molecule has 3 nitrogen and oxygen atoms in total. The maximum atomic E-state index is 13.2. The molecule has 7 heteroatoms. The fourth-order valence-corrected chi connectivity index (χ4v) is 6.90. The van der Waals surface area contributed by atoms with Gasteiger partial charge in [-0.3, -0.25) is 14.5 Å². The third kappa shape index (κ3) is 1.52. The number of likely N-dealkylation sites (N-methyl/N-ethyl adjacent to an activating group) is 1. The van der Waals surface area contributed by atoms with Crippen LogP contribution in [0.5, 0.6) is 0 Å². The van der Waals surface area contributed by atoms with Crippen molar-refractivity contribution in [3.8, 4) is 0 Å². The van der Waals surface area contributed by atoms with Gasteiger partial charge in [-0.2, -0.15) is 0 Å². The molecule has 124 valence electrons. The van der Waals surface area contributed by atoms with Crippen molar-refractivity contribution in [2.45, 2.75) is 37.5 Å². The number of allylic oxidation sites excluding steroid dienone is 2. The van der Waals surface area contributed by atoms with Crippen LogP contribution in [0.2, 0.25) is 0 Å². The number of carbonyl (C=O) groups is 2. The summed E-state index contributed by atoms with van der Waals surface area (Å²) in [6.07, 6.45) is 3.61. The van der Waals surface area contributed by atoms with E-state index < -0.39 is 10.3 Å². The first-order valence-electron chi connectivity index (χ1n) is 7.86. The van der Waals surface area contributed by atoms with Gasteiger partial charge < -0.3 is 0 Å². The quantitative estimate of drug-likeness (QED) is 0.489. The molecule has 0 aromatic heterocycles. The van der Waals surface area contributed by atoms with Crippen LogP contribution < -0.4 is 0 Å². The first-order chi connectivity index (χ1) is 10.8. The molecule has 2 bridgehead atoms. The van der Waals surface area contributed by atoms with E-state index in [9.17, 15) is 9.59 Å². The van der Waals surface area contributed by atoms with Gasteiger partial charge in [-0.05, 0) is 31.6 Å². The van der Waals surface area contributed by atoms with E-state index in [0.717, 1.165) is 25.7 Å². The first kappa shape index (κ1) is 16.3. The van der Waals surface area contributed by atoms with Crippen molar-refractivity contribution in [3.63, 3.8) is 0 Å². The Morgan fingerprint density at radius 2 is 1.65 bits per heavy atom. The highest BCUT2D eigenvalue weighted by Gasteiger charge is 2.74. The fourth-order valence-electron chi connectivity index (χ4n) is 5.04. The average Bonchev–Trinajstić information content (AvgIpc) is 2.78. The van der Waals surface area contributed by atoms with Crippen LogP contribution in [0.25, 0.3) is 0 Å². The van der Waals surface area contributed by atoms with Gasteiger partial charge >= 0.3 is 0 Å². The number of amides is 2. The SMILES string of the molecule is CCN1C(=O)C2=C(Cl)C3(Cl)C(Cl)=C(Cl)C2(C1=O)C1CCCCC13. The molecule has 0 N–H and O–H groups in total. The Morgan fingerprint density at radius 3 is 2.26 bits per heavy atom. The Labute approximate surface area is 154 Å². The summed E-state index contributed by atoms with van der Waals surface area (Å²) >= 11 is 26.6. The molecule has 0 aromatic carbocycles. The number of imide groups is 1. The van der Waals surface area contributed by atoms with E-state index in [1.165, 1.54) is 4.90 Å². The lowest BCUT2D eigenvalue weighted by molar-refractivity contribution is -0.142. The Kier molecular flexibility index (Phi) is 3.47. The normalized spacial score (nSPS) is 42.6. The summed E-state index contributed by atoms with van der Waals surface area (Å²) in [5, 5.41) is 0.619. The van der Waals surface area contributed by atoms with Crippen LogP contribution in [-0.4, -0.2) is 28.1 Å². The van der Waals surface area contributed by atoms with Gasteiger partial charge in [-0.25, -0.2) is 0 Å². The second-order valence-corrected chi connectivity index (χ2v) is 8.42. The molecule has 23 heavy (non-hydrogen) atoms. The highest BCUT2D eigenvalue weighted by Crippen LogP contribution is 2.72. The second-order valence-electron chi connectivity index (χ2n) is 6.69. The van der Waals surface area contributed by atoms with Crippen molar-refractivity contribution < 1.29 is 9.59 Å². The van der Waals surface area contributed by atoms with Gasteiger partial charge in [0, 0.05) is 6.54 Å². The minimum absolute atomic E-state index is 0.0716. The molecule has 1 saturated carbocycles. The maximum Gasteiger partial charge on any atom is 0.259 e. The first-order valence-corrected chi connectivity index (χ1v) is 9.37. The second kappa shape index (κ2) is 4.91. The Bertz CT molecular complexity index is 715. The molecule has 2 fully saturated rings. The summed E-state index contributed by atoms with van der Waals surface area (Å²) in [5.74, 6) is -0.859. The molecule has 0 aromatic rings. The lowest BCUT2D eigenvalue weighted by Gasteiger charge is -2.57. The summed E-state index contributed by atoms with van der Waals surface area (Å²) in [4.78, 5) is 26.1. The zero-order chi connectivity index (χ0) is 16.7. The van der Waals surface area contributed by atoms with Gasteiger partial charge in [0.25, 0.3) is 5.91 Å². The number of hydrogen-bond acceptors (Lipinski definition) is 2. The van der Waals surface area contributed by atoms with E-state index in [1.807, 2.05) is 0 Å². The van der Waals surface area contributed by atoms with E-state index in [0.29, 0.717) is 0 Å². The molecular weight excluding hydrogens is 380 g/mol. The summed E-state index contributed by atoms with van der Waals surface area (Å²) in [7, 11) is 0. The van der Waals surface area contributed by atoms with Crippen LogP contribution in [0.1, 0.15) is 32.6 Å². The molecular formula is C16H15Cl4NO2. The van der Waals surface area contributed by atoms with Gasteiger partial charge in [0.1, 0.15) is 10.3 Å². The van der Waals surface area contributed by atoms with Gasteiger partial charge in [0.15, 0.2) is 0 Å². The summed E-state index contributed by atoms with van der Waals surface area (Å²) in [5.41, 5.74) is -0.955. The van der Waals surface area contributed by atoms with Crippen LogP contribution in [0.15, 0.2) is 20.7 Å². The minimum Gasteiger partial charge on any atom is -0.278 e. The molecule has 4 atom stereocenters. The van der Waals surface area contributed by atoms with Crippen molar-refractivity contribution in [1.29, 1.82) is 0 Å². The van der Waals surface area contributed by atoms with Gasteiger partial charge in [0.2, 0.25) is 5.91 Å². The van der Waals surface area contributed by atoms with E-state index in [-0.39, 0.29) is 50.9 Å². The van der Waals surface area contributed by atoms with Gasteiger partial charge in [-0.15, -0.1) is 11.6 Å². The number of alkyl halides is 1. The van der Waals surface area contributed by atoms with E-state index in [4.69, 9.17) is 46.4 Å². The van der Waals surface area contributed by atoms with Crippen molar-refractivity contribution in [1.82, 2.24) is 4.90 Å². The van der Waals surface area contributed by atoms with Crippen LogP contribution in [0.4, 0.5) is 0 Å².